The molecule has 0 fully saturated rings. The largest absolute Gasteiger partial charge is 0.292 e. The third-order valence-corrected chi connectivity index (χ3v) is 3.58. The van der Waals surface area contributed by atoms with Gasteiger partial charge in [0.05, 0.1) is 16.7 Å². The Labute approximate surface area is 148 Å². The van der Waals surface area contributed by atoms with Gasteiger partial charge in [0, 0.05) is 25.8 Å². The molecule has 4 aromatic rings. The van der Waals surface area contributed by atoms with Gasteiger partial charge in [-0.3, -0.25) is 9.97 Å². The predicted molar refractivity (Wildman–Crippen MR) is 89.2 cm³/mol. The minimum Gasteiger partial charge on any atom is -0.292 e. The van der Waals surface area contributed by atoms with Crippen molar-refractivity contribution < 1.29 is 20.1 Å². The fraction of sp³-hybridized carbons (Fsp3) is 0. The Hall–Kier alpha value is -2.35. The first-order chi connectivity index (χ1) is 10.9. The molecule has 0 atom stereocenters. The van der Waals surface area contributed by atoms with E-state index in [1.807, 2.05) is 66.7 Å². The average Bonchev–Trinajstić information content (AvgIpc) is 2.62. The second kappa shape index (κ2) is 6.82. The van der Waals surface area contributed by atoms with Gasteiger partial charge in [-0.05, 0) is 17.7 Å². The third kappa shape index (κ3) is 3.07. The molecule has 3 aromatic carbocycles. The van der Waals surface area contributed by atoms with E-state index in [9.17, 15) is 0 Å². The summed E-state index contributed by atoms with van der Waals surface area (Å²) in [6.45, 7) is 0. The van der Waals surface area contributed by atoms with Crippen LogP contribution in [0.5, 0.6) is 0 Å². The van der Waals surface area contributed by atoms with Crippen LogP contribution < -0.4 is 0 Å². The maximum atomic E-state index is 4.84. The van der Waals surface area contributed by atoms with Crippen molar-refractivity contribution in [2.75, 3.05) is 0 Å². The number of benzene rings is 3. The summed E-state index contributed by atoms with van der Waals surface area (Å²) in [7, 11) is 0. The summed E-state index contributed by atoms with van der Waals surface area (Å²) in [5.41, 5.74) is 5.58. The van der Waals surface area contributed by atoms with E-state index in [2.05, 4.69) is 18.2 Å². The number of fused-ring (bicyclic) bond motifs is 1. The summed E-state index contributed by atoms with van der Waals surface area (Å²) in [5, 5.41) is 0. The number of hydrogen-bond donors (Lipinski definition) is 0. The molecule has 3 heteroatoms. The van der Waals surface area contributed by atoms with E-state index >= 15 is 0 Å². The van der Waals surface area contributed by atoms with Crippen LogP contribution in [0.1, 0.15) is 0 Å². The fourth-order valence-electron chi connectivity index (χ4n) is 2.53. The van der Waals surface area contributed by atoms with Crippen LogP contribution in [0.2, 0.25) is 0 Å². The molecule has 1 radical (unpaired) electrons. The Balaban J connectivity index is 0.00000156. The standard InChI is InChI=1S/C20H13N2.Ir/c1-3-9-15(10-4-1)19-20(16-11-5-2-6-12-16)22-18-14-8-7-13-17(18)21-19;/h1-11,13-14H;/q-1;. The second-order valence-corrected chi connectivity index (χ2v) is 5.05. The van der Waals surface area contributed by atoms with Gasteiger partial charge >= 0.3 is 0 Å². The third-order valence-electron chi connectivity index (χ3n) is 3.58. The fourth-order valence-corrected chi connectivity index (χ4v) is 2.53. The molecule has 23 heavy (non-hydrogen) atoms. The van der Waals surface area contributed by atoms with Crippen molar-refractivity contribution in [3.63, 3.8) is 0 Å². The molecule has 0 aliphatic heterocycles. The SMILES string of the molecule is [Ir].[c-]1ccccc1-c1nc2ccccc2nc1-c1ccccc1. The normalized spacial score (nSPS) is 10.3. The first kappa shape index (κ1) is 15.5. The Bertz CT molecular complexity index is 844. The molecule has 4 rings (SSSR count). The second-order valence-electron chi connectivity index (χ2n) is 5.05. The number of rotatable bonds is 2. The van der Waals surface area contributed by atoms with Gasteiger partial charge in [-0.15, -0.1) is 35.9 Å². The molecule has 0 bridgehead atoms. The van der Waals surface area contributed by atoms with Crippen LogP contribution in [0.3, 0.4) is 0 Å². The molecule has 0 N–H and O–H groups in total. The molecule has 113 valence electrons. The molecule has 0 spiro atoms. The van der Waals surface area contributed by atoms with E-state index in [0.29, 0.717) is 0 Å². The van der Waals surface area contributed by atoms with Crippen molar-refractivity contribution in [1.82, 2.24) is 9.97 Å². The molecule has 1 aromatic heterocycles. The predicted octanol–water partition coefficient (Wildman–Crippen LogP) is 4.76. The summed E-state index contributed by atoms with van der Waals surface area (Å²) in [5.74, 6) is 0. The van der Waals surface area contributed by atoms with Gasteiger partial charge in [-0.25, -0.2) is 0 Å². The van der Waals surface area contributed by atoms with Crippen LogP contribution in [-0.4, -0.2) is 9.97 Å². The maximum Gasteiger partial charge on any atom is 0.0875 e. The quantitative estimate of drug-likeness (QED) is 0.393. The topological polar surface area (TPSA) is 25.8 Å². The molecule has 0 aliphatic carbocycles. The summed E-state index contributed by atoms with van der Waals surface area (Å²) < 4.78 is 0. The Morgan fingerprint density at radius 2 is 1.22 bits per heavy atom. The van der Waals surface area contributed by atoms with Crippen molar-refractivity contribution in [2.45, 2.75) is 0 Å². The van der Waals surface area contributed by atoms with Crippen molar-refractivity contribution in [3.05, 3.63) is 84.9 Å². The van der Waals surface area contributed by atoms with Gasteiger partial charge in [-0.2, -0.15) is 0 Å². The number of nitrogens with zero attached hydrogens (tertiary/aromatic N) is 2. The molecule has 2 nitrogen and oxygen atoms in total. The molecule has 0 saturated carbocycles. The van der Waals surface area contributed by atoms with Crippen molar-refractivity contribution in [2.24, 2.45) is 0 Å². The van der Waals surface area contributed by atoms with Crippen LogP contribution in [0.15, 0.2) is 78.9 Å². The Morgan fingerprint density at radius 1 is 0.609 bits per heavy atom. The number of hydrogen-bond acceptors (Lipinski definition) is 2. The van der Waals surface area contributed by atoms with E-state index in [1.165, 1.54) is 0 Å². The monoisotopic (exact) mass is 474 g/mol. The van der Waals surface area contributed by atoms with Gasteiger partial charge in [0.1, 0.15) is 0 Å². The number of para-hydroxylation sites is 2. The molecular weight excluding hydrogens is 460 g/mol. The van der Waals surface area contributed by atoms with E-state index in [4.69, 9.17) is 9.97 Å². The number of aromatic nitrogens is 2. The molecule has 1 heterocycles. The molecular formula is C20H13IrN2-. The smallest absolute Gasteiger partial charge is 0.0875 e. The van der Waals surface area contributed by atoms with Crippen molar-refractivity contribution in [1.29, 1.82) is 0 Å². The van der Waals surface area contributed by atoms with E-state index in [-0.39, 0.29) is 20.1 Å². The molecule has 0 unspecified atom stereocenters. The van der Waals surface area contributed by atoms with E-state index < -0.39 is 0 Å². The zero-order valence-electron chi connectivity index (χ0n) is 12.2. The molecule has 0 aliphatic rings. The van der Waals surface area contributed by atoms with Crippen LogP contribution in [0.25, 0.3) is 33.5 Å². The van der Waals surface area contributed by atoms with Gasteiger partial charge in [-0.1, -0.05) is 42.5 Å². The zero-order chi connectivity index (χ0) is 14.8. The summed E-state index contributed by atoms with van der Waals surface area (Å²) in [6, 6.07) is 29.3. The molecule has 0 saturated heterocycles. The summed E-state index contributed by atoms with van der Waals surface area (Å²) in [6.07, 6.45) is 0. The minimum atomic E-state index is 0. The van der Waals surface area contributed by atoms with Crippen molar-refractivity contribution in [3.8, 4) is 22.5 Å². The van der Waals surface area contributed by atoms with E-state index in [0.717, 1.165) is 33.5 Å². The average molecular weight is 474 g/mol. The summed E-state index contributed by atoms with van der Waals surface area (Å²) >= 11 is 0. The first-order valence-corrected chi connectivity index (χ1v) is 7.21. The van der Waals surface area contributed by atoms with Gasteiger partial charge in [0.25, 0.3) is 0 Å². The maximum absolute atomic E-state index is 4.84. The Morgan fingerprint density at radius 3 is 1.87 bits per heavy atom. The van der Waals surface area contributed by atoms with Crippen molar-refractivity contribution >= 4 is 11.0 Å². The van der Waals surface area contributed by atoms with Gasteiger partial charge in [0.2, 0.25) is 0 Å². The van der Waals surface area contributed by atoms with Crippen LogP contribution in [0, 0.1) is 6.07 Å². The van der Waals surface area contributed by atoms with Crippen LogP contribution >= 0.6 is 0 Å². The summed E-state index contributed by atoms with van der Waals surface area (Å²) in [4.78, 5) is 9.67. The first-order valence-electron chi connectivity index (χ1n) is 7.21. The Kier molecular flexibility index (Phi) is 4.61. The van der Waals surface area contributed by atoms with Gasteiger partial charge < -0.3 is 0 Å². The van der Waals surface area contributed by atoms with E-state index in [1.54, 1.807) is 0 Å². The van der Waals surface area contributed by atoms with Crippen LogP contribution in [0.4, 0.5) is 0 Å². The molecule has 0 amide bonds. The van der Waals surface area contributed by atoms with Crippen LogP contribution in [-0.2, 0) is 20.1 Å². The van der Waals surface area contributed by atoms with Gasteiger partial charge in [0.15, 0.2) is 0 Å². The minimum absolute atomic E-state index is 0. The zero-order valence-corrected chi connectivity index (χ0v) is 14.6.